The number of benzene rings is 1. The Balaban J connectivity index is 2.87. The molecule has 3 heteroatoms. The summed E-state index contributed by atoms with van der Waals surface area (Å²) in [7, 11) is 1.62. The van der Waals surface area contributed by atoms with Crippen LogP contribution in [0.4, 0.5) is 0 Å². The van der Waals surface area contributed by atoms with E-state index in [9.17, 15) is 4.79 Å². The highest BCUT2D eigenvalue weighted by molar-refractivity contribution is 7.17. The molecule has 0 aliphatic rings. The summed E-state index contributed by atoms with van der Waals surface area (Å²) in [6, 6.07) is 3.96. The van der Waals surface area contributed by atoms with E-state index in [4.69, 9.17) is 4.74 Å². The second kappa shape index (κ2) is 3.42. The van der Waals surface area contributed by atoms with Gasteiger partial charge in [-0.25, -0.2) is 0 Å². The van der Waals surface area contributed by atoms with Crippen molar-refractivity contribution in [1.82, 2.24) is 0 Å². The molecule has 0 saturated carbocycles. The lowest BCUT2D eigenvalue weighted by atomic mass is 10.1. The van der Waals surface area contributed by atoms with E-state index in [2.05, 4.69) is 0 Å². The van der Waals surface area contributed by atoms with Crippen molar-refractivity contribution < 1.29 is 9.53 Å². The first kappa shape index (κ1) is 9.21. The third kappa shape index (κ3) is 1.21. The predicted molar refractivity (Wildman–Crippen MR) is 58.5 cm³/mol. The van der Waals surface area contributed by atoms with Gasteiger partial charge in [0.05, 0.1) is 7.11 Å². The van der Waals surface area contributed by atoms with Gasteiger partial charge in [-0.05, 0) is 29.8 Å². The van der Waals surface area contributed by atoms with Crippen LogP contribution >= 0.6 is 11.3 Å². The molecule has 0 aliphatic carbocycles. The van der Waals surface area contributed by atoms with E-state index >= 15 is 0 Å². The smallest absolute Gasteiger partial charge is 0.151 e. The van der Waals surface area contributed by atoms with Crippen LogP contribution in [0.3, 0.4) is 0 Å². The van der Waals surface area contributed by atoms with Crippen molar-refractivity contribution in [3.63, 3.8) is 0 Å². The molecular formula is C11H10O2S. The molecule has 0 atom stereocenters. The van der Waals surface area contributed by atoms with Crippen LogP contribution in [0, 0.1) is 6.92 Å². The zero-order valence-electron chi connectivity index (χ0n) is 8.03. The first-order chi connectivity index (χ1) is 6.77. The van der Waals surface area contributed by atoms with Gasteiger partial charge in [0.2, 0.25) is 0 Å². The molecule has 0 aliphatic heterocycles. The number of carbonyl (C=O) groups excluding carboxylic acids is 1. The van der Waals surface area contributed by atoms with Crippen LogP contribution in [-0.2, 0) is 0 Å². The lowest BCUT2D eigenvalue weighted by Gasteiger charge is -2.07. The maximum Gasteiger partial charge on any atom is 0.151 e. The fourth-order valence-corrected chi connectivity index (χ4v) is 2.50. The number of ether oxygens (including phenoxy) is 1. The Labute approximate surface area is 86.1 Å². The summed E-state index contributed by atoms with van der Waals surface area (Å²) in [6.45, 7) is 1.90. The molecule has 0 amide bonds. The standard InChI is InChI=1S/C11H10O2S/c1-7-9(6-12)11-8(3-4-14-11)5-10(7)13-2/h3-6H,1-2H3. The molecule has 0 fully saturated rings. The van der Waals surface area contributed by atoms with E-state index in [1.807, 2.05) is 24.4 Å². The lowest BCUT2D eigenvalue weighted by Crippen LogP contribution is -1.92. The van der Waals surface area contributed by atoms with Gasteiger partial charge in [-0.2, -0.15) is 0 Å². The van der Waals surface area contributed by atoms with E-state index in [0.717, 1.165) is 33.2 Å². The molecule has 0 saturated heterocycles. The molecule has 2 nitrogen and oxygen atoms in total. The number of carbonyl (C=O) groups is 1. The fourth-order valence-electron chi connectivity index (χ4n) is 1.56. The highest BCUT2D eigenvalue weighted by Crippen LogP contribution is 2.32. The number of hydrogen-bond acceptors (Lipinski definition) is 3. The molecule has 1 aromatic heterocycles. The summed E-state index contributed by atoms with van der Waals surface area (Å²) < 4.78 is 6.25. The monoisotopic (exact) mass is 206 g/mol. The first-order valence-corrected chi connectivity index (χ1v) is 5.16. The highest BCUT2D eigenvalue weighted by Gasteiger charge is 2.10. The third-order valence-electron chi connectivity index (χ3n) is 2.34. The molecule has 0 radical (unpaired) electrons. The molecule has 0 spiro atoms. The Bertz CT molecular complexity index is 485. The number of thiophene rings is 1. The summed E-state index contributed by atoms with van der Waals surface area (Å²) >= 11 is 1.59. The van der Waals surface area contributed by atoms with Gasteiger partial charge in [0.15, 0.2) is 6.29 Å². The molecule has 2 aromatic rings. The first-order valence-electron chi connectivity index (χ1n) is 4.28. The van der Waals surface area contributed by atoms with Crippen LogP contribution < -0.4 is 4.74 Å². The van der Waals surface area contributed by atoms with Gasteiger partial charge in [0, 0.05) is 15.8 Å². The van der Waals surface area contributed by atoms with E-state index in [1.165, 1.54) is 0 Å². The summed E-state index contributed by atoms with van der Waals surface area (Å²) in [5, 5.41) is 3.05. The van der Waals surface area contributed by atoms with Crippen molar-refractivity contribution in [2.45, 2.75) is 6.92 Å². The zero-order chi connectivity index (χ0) is 10.1. The second-order valence-electron chi connectivity index (χ2n) is 3.07. The highest BCUT2D eigenvalue weighted by atomic mass is 32.1. The molecule has 0 unspecified atom stereocenters. The summed E-state index contributed by atoms with van der Waals surface area (Å²) in [4.78, 5) is 11.0. The molecule has 14 heavy (non-hydrogen) atoms. The van der Waals surface area contributed by atoms with Gasteiger partial charge in [-0.1, -0.05) is 0 Å². The van der Waals surface area contributed by atoms with E-state index < -0.39 is 0 Å². The minimum Gasteiger partial charge on any atom is -0.496 e. The van der Waals surface area contributed by atoms with Crippen LogP contribution in [0.15, 0.2) is 17.5 Å². The van der Waals surface area contributed by atoms with Crippen LogP contribution in [0.2, 0.25) is 0 Å². The van der Waals surface area contributed by atoms with E-state index in [-0.39, 0.29) is 0 Å². The van der Waals surface area contributed by atoms with Gasteiger partial charge < -0.3 is 4.74 Å². The zero-order valence-corrected chi connectivity index (χ0v) is 8.85. The van der Waals surface area contributed by atoms with Gasteiger partial charge in [0.25, 0.3) is 0 Å². The van der Waals surface area contributed by atoms with Crippen LogP contribution in [0.1, 0.15) is 15.9 Å². The molecule has 72 valence electrons. The molecule has 0 bridgehead atoms. The maximum atomic E-state index is 11.0. The van der Waals surface area contributed by atoms with Crippen LogP contribution in [0.25, 0.3) is 10.1 Å². The van der Waals surface area contributed by atoms with Crippen molar-refractivity contribution in [3.05, 3.63) is 28.6 Å². The number of hydrogen-bond donors (Lipinski definition) is 0. The summed E-state index contributed by atoms with van der Waals surface area (Å²) in [5.41, 5.74) is 1.66. The minimum absolute atomic E-state index is 0.745. The largest absolute Gasteiger partial charge is 0.496 e. The predicted octanol–water partition coefficient (Wildman–Crippen LogP) is 3.03. The van der Waals surface area contributed by atoms with Crippen molar-refractivity contribution in [1.29, 1.82) is 0 Å². The normalized spacial score (nSPS) is 10.4. The summed E-state index contributed by atoms with van der Waals surface area (Å²) in [5.74, 6) is 0.776. The van der Waals surface area contributed by atoms with Crippen molar-refractivity contribution in [2.24, 2.45) is 0 Å². The van der Waals surface area contributed by atoms with Gasteiger partial charge >= 0.3 is 0 Å². The van der Waals surface area contributed by atoms with Gasteiger partial charge in [-0.15, -0.1) is 11.3 Å². The summed E-state index contributed by atoms with van der Waals surface area (Å²) in [6.07, 6.45) is 0.899. The van der Waals surface area contributed by atoms with Crippen molar-refractivity contribution in [3.8, 4) is 5.75 Å². The molecule has 2 rings (SSSR count). The number of fused-ring (bicyclic) bond motifs is 1. The SMILES string of the molecule is COc1cc2ccsc2c(C=O)c1C. The Morgan fingerprint density at radius 2 is 2.29 bits per heavy atom. The molecule has 0 N–H and O–H groups in total. The number of methoxy groups -OCH3 is 1. The van der Waals surface area contributed by atoms with Crippen molar-refractivity contribution >= 4 is 27.7 Å². The van der Waals surface area contributed by atoms with Crippen LogP contribution in [-0.4, -0.2) is 13.4 Å². The average Bonchev–Trinajstić information content (AvgIpc) is 2.64. The Hall–Kier alpha value is -1.35. The molecular weight excluding hydrogens is 196 g/mol. The fraction of sp³-hybridized carbons (Fsp3) is 0.182. The molecule has 1 aromatic carbocycles. The van der Waals surface area contributed by atoms with Crippen molar-refractivity contribution in [2.75, 3.05) is 7.11 Å². The molecule has 1 heterocycles. The van der Waals surface area contributed by atoms with Gasteiger partial charge in [0.1, 0.15) is 5.75 Å². The third-order valence-corrected chi connectivity index (χ3v) is 3.30. The van der Waals surface area contributed by atoms with E-state index in [1.54, 1.807) is 18.4 Å². The lowest BCUT2D eigenvalue weighted by molar-refractivity contribution is 0.112. The number of rotatable bonds is 2. The Kier molecular flexibility index (Phi) is 2.25. The number of aldehydes is 1. The maximum absolute atomic E-state index is 11.0. The van der Waals surface area contributed by atoms with E-state index in [0.29, 0.717) is 0 Å². The van der Waals surface area contributed by atoms with Crippen LogP contribution in [0.5, 0.6) is 5.75 Å². The second-order valence-corrected chi connectivity index (χ2v) is 3.99. The quantitative estimate of drug-likeness (QED) is 0.706. The van der Waals surface area contributed by atoms with Gasteiger partial charge in [-0.3, -0.25) is 4.79 Å². The average molecular weight is 206 g/mol. The topological polar surface area (TPSA) is 26.3 Å². The Morgan fingerprint density at radius 3 is 2.93 bits per heavy atom. The minimum atomic E-state index is 0.745. The Morgan fingerprint density at radius 1 is 1.50 bits per heavy atom.